The minimum absolute atomic E-state index is 0.0219. The summed E-state index contributed by atoms with van der Waals surface area (Å²) in [5.41, 5.74) is 2.22. The Labute approximate surface area is 215 Å². The van der Waals surface area contributed by atoms with E-state index in [0.717, 1.165) is 45.9 Å². The molecule has 2 heterocycles. The highest BCUT2D eigenvalue weighted by molar-refractivity contribution is 7.22. The van der Waals surface area contributed by atoms with Gasteiger partial charge in [0.15, 0.2) is 5.78 Å². The number of ether oxygens (including phenoxy) is 2. The van der Waals surface area contributed by atoms with Gasteiger partial charge in [-0.2, -0.15) is 0 Å². The van der Waals surface area contributed by atoms with Crippen LogP contribution < -0.4 is 9.47 Å². The number of likely N-dealkylation sites (tertiary alicyclic amines) is 1. The van der Waals surface area contributed by atoms with Crippen molar-refractivity contribution >= 4 is 33.2 Å². The van der Waals surface area contributed by atoms with E-state index in [2.05, 4.69) is 4.90 Å². The summed E-state index contributed by atoms with van der Waals surface area (Å²) in [6.07, 6.45) is 3.87. The summed E-state index contributed by atoms with van der Waals surface area (Å²) in [7, 11) is 0. The molecule has 184 valence electrons. The molecule has 0 atom stereocenters. The van der Waals surface area contributed by atoms with Crippen LogP contribution in [0.2, 0.25) is 0 Å². The Morgan fingerprint density at radius 3 is 2.28 bits per heavy atom. The SMILES string of the molecule is CC(=O)Oc1ccc(-c2sc3ccccc3c2C(=O)c2ccc(OCCN3CCCCC3)cc2)cc1. The van der Waals surface area contributed by atoms with E-state index in [-0.39, 0.29) is 11.8 Å². The van der Waals surface area contributed by atoms with Crippen molar-refractivity contribution < 1.29 is 19.1 Å². The van der Waals surface area contributed by atoms with Crippen molar-refractivity contribution in [2.24, 2.45) is 0 Å². The van der Waals surface area contributed by atoms with Crippen LogP contribution in [0.5, 0.6) is 11.5 Å². The largest absolute Gasteiger partial charge is 0.492 e. The Hall–Kier alpha value is -3.48. The molecule has 1 saturated heterocycles. The van der Waals surface area contributed by atoms with Crippen molar-refractivity contribution in [3.8, 4) is 21.9 Å². The van der Waals surface area contributed by atoms with E-state index in [1.807, 2.05) is 60.7 Å². The Kier molecular flexibility index (Phi) is 7.44. The van der Waals surface area contributed by atoms with Crippen molar-refractivity contribution in [3.63, 3.8) is 0 Å². The molecule has 1 aromatic heterocycles. The maximum atomic E-state index is 13.7. The quantitative estimate of drug-likeness (QED) is 0.156. The van der Waals surface area contributed by atoms with Gasteiger partial charge in [0, 0.05) is 39.6 Å². The first-order chi connectivity index (χ1) is 17.6. The molecule has 5 nitrogen and oxygen atoms in total. The number of esters is 1. The number of piperidine rings is 1. The highest BCUT2D eigenvalue weighted by atomic mass is 32.1. The first-order valence-corrected chi connectivity index (χ1v) is 13.2. The molecule has 0 bridgehead atoms. The van der Waals surface area contributed by atoms with E-state index in [1.165, 1.54) is 26.2 Å². The molecule has 5 rings (SSSR count). The van der Waals surface area contributed by atoms with Gasteiger partial charge >= 0.3 is 5.97 Å². The monoisotopic (exact) mass is 499 g/mol. The second-order valence-corrected chi connectivity index (χ2v) is 10.1. The fraction of sp³-hybridized carbons (Fsp3) is 0.267. The number of nitrogens with zero attached hydrogens (tertiary/aromatic N) is 1. The highest BCUT2D eigenvalue weighted by Gasteiger charge is 2.21. The van der Waals surface area contributed by atoms with Gasteiger partial charge in [0.1, 0.15) is 18.1 Å². The van der Waals surface area contributed by atoms with Crippen LogP contribution in [0.25, 0.3) is 20.5 Å². The predicted octanol–water partition coefficient (Wildman–Crippen LogP) is 6.59. The lowest BCUT2D eigenvalue weighted by molar-refractivity contribution is -0.131. The standard InChI is InChI=1S/C30H29NO4S/c1-21(32)35-25-15-11-23(12-16-25)30-28(26-7-3-4-8-27(26)36-30)29(33)22-9-13-24(14-10-22)34-20-19-31-17-5-2-6-18-31/h3-4,7-16H,2,5-6,17-20H2,1H3. The molecule has 1 aliphatic heterocycles. The third-order valence-electron chi connectivity index (χ3n) is 6.44. The maximum absolute atomic E-state index is 13.7. The van der Waals surface area contributed by atoms with Crippen LogP contribution in [0.15, 0.2) is 72.8 Å². The van der Waals surface area contributed by atoms with Crippen LogP contribution in [0.3, 0.4) is 0 Å². The van der Waals surface area contributed by atoms with E-state index in [0.29, 0.717) is 23.5 Å². The topological polar surface area (TPSA) is 55.8 Å². The molecule has 0 amide bonds. The van der Waals surface area contributed by atoms with Crippen LogP contribution in [0.4, 0.5) is 0 Å². The van der Waals surface area contributed by atoms with Crippen molar-refractivity contribution in [1.29, 1.82) is 0 Å². The second-order valence-electron chi connectivity index (χ2n) is 9.02. The summed E-state index contributed by atoms with van der Waals surface area (Å²) in [4.78, 5) is 28.4. The van der Waals surface area contributed by atoms with E-state index < -0.39 is 0 Å². The van der Waals surface area contributed by atoms with Crippen LogP contribution in [0.1, 0.15) is 42.1 Å². The molecular weight excluding hydrogens is 470 g/mol. The normalized spacial score (nSPS) is 14.0. The third kappa shape index (κ3) is 5.50. The van der Waals surface area contributed by atoms with Gasteiger partial charge in [-0.05, 0) is 86.1 Å². The highest BCUT2D eigenvalue weighted by Crippen LogP contribution is 2.40. The van der Waals surface area contributed by atoms with Gasteiger partial charge in [0.2, 0.25) is 0 Å². The van der Waals surface area contributed by atoms with Gasteiger partial charge in [0.05, 0.1) is 0 Å². The van der Waals surface area contributed by atoms with Gasteiger partial charge in [-0.1, -0.05) is 24.6 Å². The third-order valence-corrected chi connectivity index (χ3v) is 7.66. The predicted molar refractivity (Wildman–Crippen MR) is 144 cm³/mol. The van der Waals surface area contributed by atoms with Crippen molar-refractivity contribution in [3.05, 3.63) is 83.9 Å². The van der Waals surface area contributed by atoms with E-state index in [9.17, 15) is 9.59 Å². The smallest absolute Gasteiger partial charge is 0.308 e. The van der Waals surface area contributed by atoms with Gasteiger partial charge in [-0.25, -0.2) is 0 Å². The zero-order valence-corrected chi connectivity index (χ0v) is 21.2. The average Bonchev–Trinajstić information content (AvgIpc) is 3.29. The van der Waals surface area contributed by atoms with Crippen molar-refractivity contribution in [1.82, 2.24) is 4.90 Å². The van der Waals surface area contributed by atoms with E-state index >= 15 is 0 Å². The number of carbonyl (C=O) groups is 2. The first-order valence-electron chi connectivity index (χ1n) is 12.4. The lowest BCUT2D eigenvalue weighted by Crippen LogP contribution is -2.33. The van der Waals surface area contributed by atoms with Crippen LogP contribution in [0, 0.1) is 0 Å². The summed E-state index contributed by atoms with van der Waals surface area (Å²) in [6, 6.07) is 22.7. The molecule has 0 spiro atoms. The van der Waals surface area contributed by atoms with Gasteiger partial charge in [0.25, 0.3) is 0 Å². The fourth-order valence-electron chi connectivity index (χ4n) is 4.64. The Morgan fingerprint density at radius 1 is 0.861 bits per heavy atom. The Bertz CT molecular complexity index is 1350. The minimum atomic E-state index is -0.362. The summed E-state index contributed by atoms with van der Waals surface area (Å²) in [5, 5.41) is 0.938. The molecule has 4 aromatic rings. The number of thiophene rings is 1. The van der Waals surface area contributed by atoms with Crippen LogP contribution in [-0.2, 0) is 4.79 Å². The number of ketones is 1. The molecule has 1 fully saturated rings. The number of hydrogen-bond acceptors (Lipinski definition) is 6. The second kappa shape index (κ2) is 11.1. The van der Waals surface area contributed by atoms with Gasteiger partial charge in [-0.3, -0.25) is 14.5 Å². The number of fused-ring (bicyclic) bond motifs is 1. The number of hydrogen-bond donors (Lipinski definition) is 0. The average molecular weight is 500 g/mol. The number of rotatable bonds is 8. The molecule has 1 aliphatic rings. The zero-order chi connectivity index (χ0) is 24.9. The fourth-order valence-corrected chi connectivity index (χ4v) is 5.84. The van der Waals surface area contributed by atoms with Gasteiger partial charge < -0.3 is 9.47 Å². The first kappa shape index (κ1) is 24.2. The van der Waals surface area contributed by atoms with E-state index in [4.69, 9.17) is 9.47 Å². The zero-order valence-electron chi connectivity index (χ0n) is 20.4. The molecule has 0 aliphatic carbocycles. The van der Waals surface area contributed by atoms with Crippen LogP contribution in [-0.4, -0.2) is 42.9 Å². The molecule has 3 aromatic carbocycles. The minimum Gasteiger partial charge on any atom is -0.492 e. The van der Waals surface area contributed by atoms with E-state index in [1.54, 1.807) is 23.5 Å². The summed E-state index contributed by atoms with van der Waals surface area (Å²) < 4.78 is 12.2. The van der Waals surface area contributed by atoms with Crippen molar-refractivity contribution in [2.75, 3.05) is 26.2 Å². The number of carbonyl (C=O) groups excluding carboxylic acids is 2. The van der Waals surface area contributed by atoms with Crippen LogP contribution >= 0.6 is 11.3 Å². The molecule has 0 radical (unpaired) electrons. The lowest BCUT2D eigenvalue weighted by Gasteiger charge is -2.26. The van der Waals surface area contributed by atoms with Crippen molar-refractivity contribution in [2.45, 2.75) is 26.2 Å². The molecular formula is C30H29NO4S. The molecule has 0 unspecified atom stereocenters. The van der Waals surface area contributed by atoms with Gasteiger partial charge in [-0.15, -0.1) is 11.3 Å². The maximum Gasteiger partial charge on any atom is 0.308 e. The Balaban J connectivity index is 1.36. The molecule has 6 heteroatoms. The lowest BCUT2D eigenvalue weighted by atomic mass is 9.97. The summed E-state index contributed by atoms with van der Waals surface area (Å²) in [6.45, 7) is 5.26. The Morgan fingerprint density at radius 2 is 1.56 bits per heavy atom. The summed E-state index contributed by atoms with van der Waals surface area (Å²) >= 11 is 1.59. The molecule has 36 heavy (non-hydrogen) atoms. The number of benzene rings is 3. The summed E-state index contributed by atoms with van der Waals surface area (Å²) in [5.74, 6) is 0.877. The molecule has 0 saturated carbocycles. The molecule has 0 N–H and O–H groups in total.